The van der Waals surface area contributed by atoms with Gasteiger partial charge < -0.3 is 14.5 Å². The van der Waals surface area contributed by atoms with E-state index in [0.717, 1.165) is 51.1 Å². The average molecular weight is 308 g/mol. The summed E-state index contributed by atoms with van der Waals surface area (Å²) < 4.78 is 10.4. The van der Waals surface area contributed by atoms with Gasteiger partial charge in [-0.3, -0.25) is 9.69 Å². The first-order valence-electron chi connectivity index (χ1n) is 7.81. The van der Waals surface area contributed by atoms with Crippen LogP contribution in [-0.2, 0) is 15.9 Å². The fourth-order valence-electron chi connectivity index (χ4n) is 2.84. The number of nitrogens with one attached hydrogen (secondary N) is 1. The number of carbonyl (C=O) groups excluding carboxylic acids is 2. The summed E-state index contributed by atoms with van der Waals surface area (Å²) in [6.45, 7) is 8.27. The second-order valence-corrected chi connectivity index (χ2v) is 5.41. The first kappa shape index (κ1) is 16.7. The fraction of sp³-hybridized carbons (Fsp3) is 0.625. The monoisotopic (exact) mass is 308 g/mol. The fourth-order valence-corrected chi connectivity index (χ4v) is 2.84. The predicted molar refractivity (Wildman–Crippen MR) is 82.5 cm³/mol. The van der Waals surface area contributed by atoms with Gasteiger partial charge in [0.1, 0.15) is 0 Å². The molecule has 1 fully saturated rings. The molecule has 0 radical (unpaired) electrons. The Bertz CT molecular complexity index is 518. The number of aryl methyl sites for hydroxylation is 1. The van der Waals surface area contributed by atoms with Crippen LogP contribution in [0.15, 0.2) is 0 Å². The summed E-state index contributed by atoms with van der Waals surface area (Å²) in [5.41, 5.74) is 2.48. The zero-order valence-corrected chi connectivity index (χ0v) is 13.3. The molecule has 0 bridgehead atoms. The molecule has 0 amide bonds. The van der Waals surface area contributed by atoms with E-state index < -0.39 is 0 Å². The summed E-state index contributed by atoms with van der Waals surface area (Å²) in [6.07, 6.45) is 2.36. The second kappa shape index (κ2) is 8.10. The summed E-state index contributed by atoms with van der Waals surface area (Å²) >= 11 is 0. The molecule has 2 heterocycles. The van der Waals surface area contributed by atoms with Crippen molar-refractivity contribution in [2.24, 2.45) is 0 Å². The van der Waals surface area contributed by atoms with Crippen LogP contribution in [-0.4, -0.2) is 61.6 Å². The van der Waals surface area contributed by atoms with Gasteiger partial charge in [-0.25, -0.2) is 4.79 Å². The summed E-state index contributed by atoms with van der Waals surface area (Å²) in [6, 6.07) is 0. The number of nitrogens with zero attached hydrogens (tertiary/aromatic N) is 1. The van der Waals surface area contributed by atoms with E-state index in [0.29, 0.717) is 30.0 Å². The molecule has 1 N–H and O–H groups in total. The molecule has 6 nitrogen and oxygen atoms in total. The predicted octanol–water partition coefficient (Wildman–Crippen LogP) is 1.58. The minimum absolute atomic E-state index is 0.326. The van der Waals surface area contributed by atoms with E-state index in [4.69, 9.17) is 9.47 Å². The Kier molecular flexibility index (Phi) is 6.15. The van der Waals surface area contributed by atoms with E-state index in [1.54, 1.807) is 13.8 Å². The maximum atomic E-state index is 12.1. The highest BCUT2D eigenvalue weighted by atomic mass is 16.5. The first-order chi connectivity index (χ1) is 10.7. The van der Waals surface area contributed by atoms with Crippen molar-refractivity contribution in [3.05, 3.63) is 22.5 Å². The number of H-pyrrole nitrogens is 1. The molecule has 22 heavy (non-hydrogen) atoms. The zero-order valence-electron chi connectivity index (χ0n) is 13.3. The third-order valence-corrected chi connectivity index (χ3v) is 3.93. The Morgan fingerprint density at radius 3 is 2.77 bits per heavy atom. The van der Waals surface area contributed by atoms with Crippen molar-refractivity contribution in [3.8, 4) is 0 Å². The van der Waals surface area contributed by atoms with Crippen LogP contribution < -0.4 is 0 Å². The van der Waals surface area contributed by atoms with Crippen LogP contribution in [0, 0.1) is 6.92 Å². The smallest absolute Gasteiger partial charge is 0.340 e. The van der Waals surface area contributed by atoms with E-state index >= 15 is 0 Å². The maximum Gasteiger partial charge on any atom is 0.340 e. The summed E-state index contributed by atoms with van der Waals surface area (Å²) in [7, 11) is 0. The Hall–Kier alpha value is -1.66. The number of hydrogen-bond acceptors (Lipinski definition) is 5. The van der Waals surface area contributed by atoms with Crippen molar-refractivity contribution in [1.29, 1.82) is 0 Å². The molecule has 0 atom stereocenters. The van der Waals surface area contributed by atoms with Gasteiger partial charge in [0, 0.05) is 18.8 Å². The number of rotatable bonds is 7. The van der Waals surface area contributed by atoms with Crippen molar-refractivity contribution in [3.63, 3.8) is 0 Å². The normalized spacial score (nSPS) is 15.7. The topological polar surface area (TPSA) is 71.6 Å². The minimum atomic E-state index is -0.356. The van der Waals surface area contributed by atoms with Crippen LogP contribution in [0.5, 0.6) is 0 Å². The van der Waals surface area contributed by atoms with E-state index in [1.807, 2.05) is 0 Å². The lowest BCUT2D eigenvalue weighted by Crippen LogP contribution is -2.37. The molecule has 6 heteroatoms. The SMILES string of the molecule is CCOC(=O)c1c(C)[nH]c(C=O)c1CCCN1CCOCC1. The van der Waals surface area contributed by atoms with Gasteiger partial charge in [-0.2, -0.15) is 0 Å². The Morgan fingerprint density at radius 1 is 1.41 bits per heavy atom. The molecule has 1 aromatic heterocycles. The molecule has 1 saturated heterocycles. The molecule has 0 aliphatic carbocycles. The van der Waals surface area contributed by atoms with Crippen molar-refractivity contribution >= 4 is 12.3 Å². The number of carbonyl (C=O) groups is 2. The largest absolute Gasteiger partial charge is 0.462 e. The summed E-state index contributed by atoms with van der Waals surface area (Å²) in [5.74, 6) is -0.356. The molecule has 1 aliphatic heterocycles. The summed E-state index contributed by atoms with van der Waals surface area (Å²) in [4.78, 5) is 28.7. The maximum absolute atomic E-state index is 12.1. The van der Waals surface area contributed by atoms with Crippen LogP contribution in [0.4, 0.5) is 0 Å². The number of aromatic nitrogens is 1. The minimum Gasteiger partial charge on any atom is -0.462 e. The standard InChI is InChI=1S/C16H24N2O4/c1-3-22-16(20)15-12(2)17-14(11-19)13(15)5-4-6-18-7-9-21-10-8-18/h11,17H,3-10H2,1-2H3. The van der Waals surface area contributed by atoms with Gasteiger partial charge in [0.2, 0.25) is 0 Å². The first-order valence-corrected chi connectivity index (χ1v) is 7.81. The Balaban J connectivity index is 2.04. The molecule has 0 unspecified atom stereocenters. The van der Waals surface area contributed by atoms with Crippen molar-refractivity contribution < 1.29 is 19.1 Å². The van der Waals surface area contributed by atoms with Gasteiger partial charge in [0.15, 0.2) is 6.29 Å². The molecule has 0 saturated carbocycles. The Labute approximate surface area is 130 Å². The number of esters is 1. The van der Waals surface area contributed by atoms with Crippen LogP contribution >= 0.6 is 0 Å². The van der Waals surface area contributed by atoms with E-state index in [9.17, 15) is 9.59 Å². The molecule has 1 aliphatic rings. The lowest BCUT2D eigenvalue weighted by Gasteiger charge is -2.26. The molecular formula is C16H24N2O4. The number of ether oxygens (including phenoxy) is 2. The zero-order chi connectivity index (χ0) is 15.9. The quantitative estimate of drug-likeness (QED) is 0.611. The highest BCUT2D eigenvalue weighted by Gasteiger charge is 2.22. The highest BCUT2D eigenvalue weighted by molar-refractivity contribution is 5.95. The van der Waals surface area contributed by atoms with E-state index in [2.05, 4.69) is 9.88 Å². The van der Waals surface area contributed by atoms with E-state index in [1.165, 1.54) is 0 Å². The molecule has 1 aromatic rings. The van der Waals surface area contributed by atoms with Crippen LogP contribution in [0.25, 0.3) is 0 Å². The second-order valence-electron chi connectivity index (χ2n) is 5.41. The van der Waals surface area contributed by atoms with Crippen molar-refractivity contribution in [2.45, 2.75) is 26.7 Å². The van der Waals surface area contributed by atoms with Gasteiger partial charge >= 0.3 is 5.97 Å². The van der Waals surface area contributed by atoms with Gasteiger partial charge in [-0.05, 0) is 38.8 Å². The van der Waals surface area contributed by atoms with E-state index in [-0.39, 0.29) is 5.97 Å². The van der Waals surface area contributed by atoms with Crippen molar-refractivity contribution in [2.75, 3.05) is 39.5 Å². The lowest BCUT2D eigenvalue weighted by molar-refractivity contribution is 0.0374. The molecular weight excluding hydrogens is 284 g/mol. The van der Waals surface area contributed by atoms with Gasteiger partial charge in [0.25, 0.3) is 0 Å². The molecule has 0 spiro atoms. The van der Waals surface area contributed by atoms with Crippen LogP contribution in [0.1, 0.15) is 45.4 Å². The van der Waals surface area contributed by atoms with Gasteiger partial charge in [-0.15, -0.1) is 0 Å². The number of aromatic amines is 1. The average Bonchev–Trinajstić information content (AvgIpc) is 2.84. The third-order valence-electron chi connectivity index (χ3n) is 3.93. The van der Waals surface area contributed by atoms with Gasteiger partial charge in [-0.1, -0.05) is 0 Å². The molecule has 122 valence electrons. The van der Waals surface area contributed by atoms with Gasteiger partial charge in [0.05, 0.1) is 31.1 Å². The van der Waals surface area contributed by atoms with Crippen molar-refractivity contribution in [1.82, 2.24) is 9.88 Å². The highest BCUT2D eigenvalue weighted by Crippen LogP contribution is 2.21. The molecule has 0 aromatic carbocycles. The number of aldehydes is 1. The Morgan fingerprint density at radius 2 is 2.14 bits per heavy atom. The molecule has 2 rings (SSSR count). The third kappa shape index (κ3) is 3.96. The number of morpholine rings is 1. The van der Waals surface area contributed by atoms with Crippen LogP contribution in [0.3, 0.4) is 0 Å². The summed E-state index contributed by atoms with van der Waals surface area (Å²) in [5, 5.41) is 0. The number of hydrogen-bond donors (Lipinski definition) is 1. The van der Waals surface area contributed by atoms with Crippen LogP contribution in [0.2, 0.25) is 0 Å². The lowest BCUT2D eigenvalue weighted by atomic mass is 10.0.